The molecule has 3 aliphatic rings. The molecule has 176 valence electrons. The van der Waals surface area contributed by atoms with E-state index in [4.69, 9.17) is 4.74 Å². The number of nitrogens with zero attached hydrogens (tertiary/aromatic N) is 2. The number of rotatable bonds is 7. The van der Waals surface area contributed by atoms with E-state index in [2.05, 4.69) is 29.2 Å². The van der Waals surface area contributed by atoms with Gasteiger partial charge < -0.3 is 9.64 Å². The smallest absolute Gasteiger partial charge is 0.243 e. The van der Waals surface area contributed by atoms with Crippen LogP contribution in [0.5, 0.6) is 5.75 Å². The Kier molecular flexibility index (Phi) is 6.18. The molecule has 0 N–H and O–H groups in total. The number of carbonyl (C=O) groups is 1. The average Bonchev–Trinajstić information content (AvgIpc) is 3.59. The standard InChI is InChI=1S/C26H32N2O4S/c1-2-32-22-10-12-23(13-11-22)33(30,31)27-17-15-20(16-18-27)26(29)28(21-8-9-21)25-14-7-19-5-3-4-6-24(19)25/h3-6,10-13,20-21,25H,2,7-9,14-18H2,1H3. The lowest BCUT2D eigenvalue weighted by Gasteiger charge is -2.36. The van der Waals surface area contributed by atoms with Gasteiger partial charge in [0.05, 0.1) is 17.5 Å². The number of hydrogen-bond donors (Lipinski definition) is 0. The summed E-state index contributed by atoms with van der Waals surface area (Å²) in [5.41, 5.74) is 2.66. The normalized spacial score (nSPS) is 21.5. The Bertz CT molecular complexity index is 1100. The first kappa shape index (κ1) is 22.4. The van der Waals surface area contributed by atoms with Gasteiger partial charge in [-0.1, -0.05) is 24.3 Å². The van der Waals surface area contributed by atoms with Crippen molar-refractivity contribution in [3.8, 4) is 5.75 Å². The number of carbonyl (C=O) groups excluding carboxylic acids is 1. The molecule has 1 heterocycles. The number of benzene rings is 2. The molecule has 0 spiro atoms. The van der Waals surface area contributed by atoms with Crippen LogP contribution in [0.3, 0.4) is 0 Å². The Labute approximate surface area is 196 Å². The quantitative estimate of drug-likeness (QED) is 0.612. The van der Waals surface area contributed by atoms with Crippen LogP contribution in [0.2, 0.25) is 0 Å². The van der Waals surface area contributed by atoms with Gasteiger partial charge >= 0.3 is 0 Å². The maximum Gasteiger partial charge on any atom is 0.243 e. The summed E-state index contributed by atoms with van der Waals surface area (Å²) in [5.74, 6) is 0.775. The van der Waals surface area contributed by atoms with E-state index in [1.807, 2.05) is 6.92 Å². The first-order valence-electron chi connectivity index (χ1n) is 12.1. The van der Waals surface area contributed by atoms with E-state index in [1.165, 1.54) is 15.4 Å². The van der Waals surface area contributed by atoms with Gasteiger partial charge in [-0.2, -0.15) is 4.31 Å². The Morgan fingerprint density at radius 3 is 2.36 bits per heavy atom. The molecule has 1 unspecified atom stereocenters. The second kappa shape index (κ2) is 9.11. The number of fused-ring (bicyclic) bond motifs is 1. The highest BCUT2D eigenvalue weighted by Gasteiger charge is 2.43. The van der Waals surface area contributed by atoms with Crippen LogP contribution in [0, 0.1) is 5.92 Å². The SMILES string of the molecule is CCOc1ccc(S(=O)(=O)N2CCC(C(=O)N(C3CC3)C3CCc4ccccc43)CC2)cc1. The lowest BCUT2D eigenvalue weighted by molar-refractivity contribution is -0.140. The van der Waals surface area contributed by atoms with Crippen molar-refractivity contribution in [1.82, 2.24) is 9.21 Å². The lowest BCUT2D eigenvalue weighted by atomic mass is 9.95. The Hall–Kier alpha value is -2.38. The minimum Gasteiger partial charge on any atom is -0.494 e. The summed E-state index contributed by atoms with van der Waals surface area (Å²) < 4.78 is 33.2. The zero-order valence-corrected chi connectivity index (χ0v) is 20.0. The largest absolute Gasteiger partial charge is 0.494 e. The van der Waals surface area contributed by atoms with Crippen molar-refractivity contribution in [3.63, 3.8) is 0 Å². The maximum atomic E-state index is 13.6. The zero-order valence-electron chi connectivity index (χ0n) is 19.2. The van der Waals surface area contributed by atoms with Crippen molar-refractivity contribution >= 4 is 15.9 Å². The van der Waals surface area contributed by atoms with Crippen LogP contribution in [0.25, 0.3) is 0 Å². The van der Waals surface area contributed by atoms with E-state index >= 15 is 0 Å². The fourth-order valence-corrected chi connectivity index (χ4v) is 6.81. The van der Waals surface area contributed by atoms with Crippen LogP contribution in [0.15, 0.2) is 53.4 Å². The number of piperidine rings is 1. The summed E-state index contributed by atoms with van der Waals surface area (Å²) in [4.78, 5) is 16.1. The summed E-state index contributed by atoms with van der Waals surface area (Å²) >= 11 is 0. The molecule has 1 saturated carbocycles. The number of ether oxygens (including phenoxy) is 1. The fourth-order valence-electron chi connectivity index (χ4n) is 5.34. The molecule has 5 rings (SSSR count). The van der Waals surface area contributed by atoms with Gasteiger partial charge in [0.15, 0.2) is 0 Å². The molecular weight excluding hydrogens is 436 g/mol. The second-order valence-corrected chi connectivity index (χ2v) is 11.3. The van der Waals surface area contributed by atoms with Gasteiger partial charge in [-0.3, -0.25) is 4.79 Å². The molecule has 1 aliphatic heterocycles. The molecule has 2 aliphatic carbocycles. The molecule has 0 bridgehead atoms. The summed E-state index contributed by atoms with van der Waals surface area (Å²) in [6.07, 6.45) is 5.33. The molecule has 6 nitrogen and oxygen atoms in total. The summed E-state index contributed by atoms with van der Waals surface area (Å²) in [6, 6.07) is 15.6. The van der Waals surface area contributed by atoms with Crippen molar-refractivity contribution in [2.24, 2.45) is 5.92 Å². The van der Waals surface area contributed by atoms with Crippen LogP contribution in [0.1, 0.15) is 56.2 Å². The Morgan fingerprint density at radius 1 is 1.00 bits per heavy atom. The van der Waals surface area contributed by atoms with Crippen molar-refractivity contribution in [3.05, 3.63) is 59.7 Å². The molecule has 7 heteroatoms. The van der Waals surface area contributed by atoms with Crippen LogP contribution in [0.4, 0.5) is 0 Å². The number of aryl methyl sites for hydroxylation is 1. The first-order chi connectivity index (χ1) is 16.0. The second-order valence-electron chi connectivity index (χ2n) is 9.31. The number of hydrogen-bond acceptors (Lipinski definition) is 4. The maximum absolute atomic E-state index is 13.6. The Balaban J connectivity index is 1.26. The average molecular weight is 469 g/mol. The monoisotopic (exact) mass is 468 g/mol. The molecule has 1 saturated heterocycles. The Morgan fingerprint density at radius 2 is 1.70 bits per heavy atom. The highest BCUT2D eigenvalue weighted by molar-refractivity contribution is 7.89. The van der Waals surface area contributed by atoms with Crippen molar-refractivity contribution in [2.75, 3.05) is 19.7 Å². The first-order valence-corrected chi connectivity index (χ1v) is 13.6. The molecule has 1 atom stereocenters. The van der Waals surface area contributed by atoms with E-state index in [0.29, 0.717) is 44.3 Å². The van der Waals surface area contributed by atoms with Crippen molar-refractivity contribution in [2.45, 2.75) is 62.4 Å². The number of amides is 1. The van der Waals surface area contributed by atoms with Gasteiger partial charge in [0.25, 0.3) is 0 Å². The van der Waals surface area contributed by atoms with E-state index in [1.54, 1.807) is 24.3 Å². The van der Waals surface area contributed by atoms with Gasteiger partial charge in [-0.05, 0) is 80.8 Å². The van der Waals surface area contributed by atoms with Gasteiger partial charge in [-0.25, -0.2) is 8.42 Å². The molecule has 0 aromatic heterocycles. The highest BCUT2D eigenvalue weighted by Crippen LogP contribution is 2.43. The third-order valence-electron chi connectivity index (χ3n) is 7.21. The lowest BCUT2D eigenvalue weighted by Crippen LogP contribution is -2.45. The summed E-state index contributed by atoms with van der Waals surface area (Å²) in [7, 11) is -3.57. The third-order valence-corrected chi connectivity index (χ3v) is 9.12. The minimum atomic E-state index is -3.57. The van der Waals surface area contributed by atoms with Crippen LogP contribution < -0.4 is 4.74 Å². The summed E-state index contributed by atoms with van der Waals surface area (Å²) in [5, 5.41) is 0. The van der Waals surface area contributed by atoms with Gasteiger partial charge in [-0.15, -0.1) is 0 Å². The molecule has 0 radical (unpaired) electrons. The van der Waals surface area contributed by atoms with E-state index < -0.39 is 10.0 Å². The summed E-state index contributed by atoms with van der Waals surface area (Å²) in [6.45, 7) is 3.20. The molecule has 2 aromatic rings. The predicted octanol–water partition coefficient (Wildman–Crippen LogP) is 4.16. The fraction of sp³-hybridized carbons (Fsp3) is 0.500. The number of sulfonamides is 1. The van der Waals surface area contributed by atoms with Crippen molar-refractivity contribution < 1.29 is 17.9 Å². The van der Waals surface area contributed by atoms with Gasteiger partial charge in [0.2, 0.25) is 15.9 Å². The van der Waals surface area contributed by atoms with Crippen LogP contribution in [-0.2, 0) is 21.2 Å². The molecule has 2 aromatic carbocycles. The minimum absolute atomic E-state index is 0.106. The molecular formula is C26H32N2O4S. The van der Waals surface area contributed by atoms with Crippen molar-refractivity contribution in [1.29, 1.82) is 0 Å². The van der Waals surface area contributed by atoms with Crippen LogP contribution in [-0.4, -0.2) is 49.3 Å². The molecule has 1 amide bonds. The van der Waals surface area contributed by atoms with Crippen LogP contribution >= 0.6 is 0 Å². The van der Waals surface area contributed by atoms with Gasteiger partial charge in [0, 0.05) is 25.0 Å². The van der Waals surface area contributed by atoms with Gasteiger partial charge in [0.1, 0.15) is 5.75 Å². The zero-order chi connectivity index (χ0) is 23.0. The third kappa shape index (κ3) is 4.41. The topological polar surface area (TPSA) is 66.9 Å². The predicted molar refractivity (Wildman–Crippen MR) is 126 cm³/mol. The highest BCUT2D eigenvalue weighted by atomic mass is 32.2. The van der Waals surface area contributed by atoms with E-state index in [0.717, 1.165) is 25.7 Å². The molecule has 2 fully saturated rings. The molecule has 33 heavy (non-hydrogen) atoms. The van der Waals surface area contributed by atoms with E-state index in [9.17, 15) is 13.2 Å². The van der Waals surface area contributed by atoms with E-state index in [-0.39, 0.29) is 22.8 Å².